The highest BCUT2D eigenvalue weighted by atomic mass is 16.2. The predicted molar refractivity (Wildman–Crippen MR) is 146 cm³/mol. The van der Waals surface area contributed by atoms with Crippen LogP contribution in [0.1, 0.15) is 69.0 Å². The average Bonchev–Trinajstić information content (AvgIpc) is 3.55. The number of aryl methyl sites for hydroxylation is 1. The van der Waals surface area contributed by atoms with E-state index in [0.29, 0.717) is 6.54 Å². The van der Waals surface area contributed by atoms with Crippen molar-refractivity contribution in [3.8, 4) is 5.82 Å². The summed E-state index contributed by atoms with van der Waals surface area (Å²) in [4.78, 5) is 33.7. The fourth-order valence-electron chi connectivity index (χ4n) is 6.69. The molecule has 2 aliphatic rings. The number of nitrogens with zero attached hydrogens (tertiary/aromatic N) is 3. The number of nitrogens with one attached hydrogen (secondary N) is 1. The summed E-state index contributed by atoms with van der Waals surface area (Å²) < 4.78 is 2.13. The molecule has 37 heavy (non-hydrogen) atoms. The molecule has 1 saturated carbocycles. The maximum absolute atomic E-state index is 14.3. The quantitative estimate of drug-likeness (QED) is 0.493. The van der Waals surface area contributed by atoms with E-state index >= 15 is 0 Å². The van der Waals surface area contributed by atoms with E-state index in [4.69, 9.17) is 5.73 Å². The standard InChI is InChI=1S/C30H39N5O2/c1-20-19-35(25-13-8-7-12-23(20)25)26-18-22(15-16-33-26)24-14-9-17-34(24)28(36)27(21-10-5-4-6-11-21)30(2,32-3)29(31)37/h7-8,12-13,15-16,18-19,21,24,27,32H,4-6,9-11,14,17H2,1-3H3,(H2,31,37)/t24-,27+,30?/m0/s1. The Labute approximate surface area is 219 Å². The van der Waals surface area contributed by atoms with Gasteiger partial charge in [0.2, 0.25) is 11.8 Å². The first-order chi connectivity index (χ1) is 17.8. The van der Waals surface area contributed by atoms with Crippen molar-refractivity contribution in [2.24, 2.45) is 17.6 Å². The van der Waals surface area contributed by atoms with Gasteiger partial charge in [0, 0.05) is 24.3 Å². The number of para-hydroxylation sites is 1. The van der Waals surface area contributed by atoms with Crippen LogP contribution >= 0.6 is 0 Å². The second-order valence-corrected chi connectivity index (χ2v) is 11.0. The maximum Gasteiger partial charge on any atom is 0.238 e. The summed E-state index contributed by atoms with van der Waals surface area (Å²) in [6.45, 7) is 4.61. The summed E-state index contributed by atoms with van der Waals surface area (Å²) in [5, 5.41) is 4.36. The monoisotopic (exact) mass is 501 g/mol. The molecule has 7 heteroatoms. The number of hydrogen-bond donors (Lipinski definition) is 2. The second kappa shape index (κ2) is 10.3. The number of aromatic nitrogens is 2. The molecule has 1 aromatic carbocycles. The topological polar surface area (TPSA) is 93.2 Å². The third-order valence-electron chi connectivity index (χ3n) is 8.89. The molecule has 1 saturated heterocycles. The lowest BCUT2D eigenvalue weighted by Crippen LogP contribution is -2.63. The van der Waals surface area contributed by atoms with Gasteiger partial charge >= 0.3 is 0 Å². The van der Waals surface area contributed by atoms with Gasteiger partial charge in [-0.25, -0.2) is 4.98 Å². The maximum atomic E-state index is 14.3. The Morgan fingerprint density at radius 3 is 2.59 bits per heavy atom. The van der Waals surface area contributed by atoms with Crippen LogP contribution in [0.5, 0.6) is 0 Å². The third-order valence-corrected chi connectivity index (χ3v) is 8.89. The van der Waals surface area contributed by atoms with Crippen molar-refractivity contribution in [1.29, 1.82) is 0 Å². The summed E-state index contributed by atoms with van der Waals surface area (Å²) in [7, 11) is 1.74. The first-order valence-electron chi connectivity index (χ1n) is 13.7. The van der Waals surface area contributed by atoms with Crippen molar-refractivity contribution >= 4 is 22.7 Å². The zero-order valence-corrected chi connectivity index (χ0v) is 22.2. The van der Waals surface area contributed by atoms with E-state index in [1.165, 1.54) is 17.4 Å². The van der Waals surface area contributed by atoms with Gasteiger partial charge in [0.15, 0.2) is 0 Å². The van der Waals surface area contributed by atoms with Crippen molar-refractivity contribution in [2.75, 3.05) is 13.6 Å². The van der Waals surface area contributed by atoms with Gasteiger partial charge < -0.3 is 20.5 Å². The minimum absolute atomic E-state index is 0.0442. The Hall–Kier alpha value is -3.19. The van der Waals surface area contributed by atoms with Crippen LogP contribution in [-0.2, 0) is 9.59 Å². The smallest absolute Gasteiger partial charge is 0.238 e. The number of fused-ring (bicyclic) bond motifs is 1. The molecule has 0 radical (unpaired) electrons. The molecule has 1 aliphatic heterocycles. The van der Waals surface area contributed by atoms with Crippen molar-refractivity contribution in [1.82, 2.24) is 19.8 Å². The first kappa shape index (κ1) is 25.5. The average molecular weight is 502 g/mol. The molecule has 3 heterocycles. The third kappa shape index (κ3) is 4.54. The molecule has 1 aliphatic carbocycles. The SMILES string of the molecule is CNC(C)(C(N)=O)[C@@H](C(=O)N1CCC[C@H]1c1ccnc(-n2cc(C)c3ccccc32)c1)C1CCCCC1. The number of hydrogen-bond acceptors (Lipinski definition) is 4. The van der Waals surface area contributed by atoms with Gasteiger partial charge in [-0.1, -0.05) is 37.5 Å². The molecule has 0 bridgehead atoms. The first-order valence-corrected chi connectivity index (χ1v) is 13.7. The van der Waals surface area contributed by atoms with Gasteiger partial charge in [-0.2, -0.15) is 0 Å². The Morgan fingerprint density at radius 1 is 1.11 bits per heavy atom. The van der Waals surface area contributed by atoms with Crippen LogP contribution in [0, 0.1) is 18.8 Å². The van der Waals surface area contributed by atoms with Crippen LogP contribution in [0.2, 0.25) is 0 Å². The van der Waals surface area contributed by atoms with E-state index < -0.39 is 17.4 Å². The normalized spacial score (nSPS) is 21.2. The number of nitrogens with two attached hydrogens (primary N) is 1. The zero-order chi connectivity index (χ0) is 26.2. The second-order valence-electron chi connectivity index (χ2n) is 11.0. The fourth-order valence-corrected chi connectivity index (χ4v) is 6.69. The van der Waals surface area contributed by atoms with E-state index in [1.807, 2.05) is 30.2 Å². The van der Waals surface area contributed by atoms with E-state index in [2.05, 4.69) is 52.3 Å². The number of carbonyl (C=O) groups is 2. The summed E-state index contributed by atoms with van der Waals surface area (Å²) >= 11 is 0. The number of benzene rings is 1. The highest BCUT2D eigenvalue weighted by molar-refractivity contribution is 5.93. The fraction of sp³-hybridized carbons (Fsp3) is 0.500. The van der Waals surface area contributed by atoms with Gasteiger partial charge in [0.05, 0.1) is 17.5 Å². The van der Waals surface area contributed by atoms with Crippen molar-refractivity contribution < 1.29 is 9.59 Å². The molecule has 7 nitrogen and oxygen atoms in total. The van der Waals surface area contributed by atoms with Gasteiger partial charge in [-0.05, 0) is 81.8 Å². The molecule has 2 aromatic heterocycles. The van der Waals surface area contributed by atoms with Crippen LogP contribution in [0.4, 0.5) is 0 Å². The summed E-state index contributed by atoms with van der Waals surface area (Å²) in [6.07, 6.45) is 11.1. The summed E-state index contributed by atoms with van der Waals surface area (Å²) in [6, 6.07) is 12.4. The molecule has 196 valence electrons. The Morgan fingerprint density at radius 2 is 1.86 bits per heavy atom. The summed E-state index contributed by atoms with van der Waals surface area (Å²) in [5.74, 6) is 0.103. The largest absolute Gasteiger partial charge is 0.368 e. The summed E-state index contributed by atoms with van der Waals surface area (Å²) in [5.41, 5.74) is 8.24. The number of rotatable bonds is 7. The molecule has 2 fully saturated rings. The van der Waals surface area contributed by atoms with E-state index in [9.17, 15) is 9.59 Å². The van der Waals surface area contributed by atoms with E-state index in [1.54, 1.807) is 7.05 Å². The van der Waals surface area contributed by atoms with Crippen LogP contribution in [0.3, 0.4) is 0 Å². The Bertz CT molecular complexity index is 1290. The highest BCUT2D eigenvalue weighted by Crippen LogP contribution is 2.41. The van der Waals surface area contributed by atoms with Crippen molar-refractivity contribution in [3.05, 3.63) is 59.9 Å². The van der Waals surface area contributed by atoms with Crippen molar-refractivity contribution in [2.45, 2.75) is 70.4 Å². The van der Waals surface area contributed by atoms with Crippen LogP contribution in [0.25, 0.3) is 16.7 Å². The highest BCUT2D eigenvalue weighted by Gasteiger charge is 2.50. The number of primary amides is 1. The van der Waals surface area contributed by atoms with E-state index in [0.717, 1.165) is 55.4 Å². The van der Waals surface area contributed by atoms with Gasteiger partial charge in [-0.3, -0.25) is 9.59 Å². The molecule has 2 amide bonds. The molecule has 1 unspecified atom stereocenters. The van der Waals surface area contributed by atoms with Crippen LogP contribution in [0.15, 0.2) is 48.8 Å². The predicted octanol–water partition coefficient (Wildman–Crippen LogP) is 4.66. The molecule has 5 rings (SSSR count). The van der Waals surface area contributed by atoms with Crippen LogP contribution < -0.4 is 11.1 Å². The lowest BCUT2D eigenvalue weighted by atomic mass is 9.69. The van der Waals surface area contributed by atoms with Gasteiger partial charge in [-0.15, -0.1) is 0 Å². The minimum atomic E-state index is -1.09. The lowest BCUT2D eigenvalue weighted by molar-refractivity contribution is -0.147. The zero-order valence-electron chi connectivity index (χ0n) is 22.2. The van der Waals surface area contributed by atoms with Gasteiger partial charge in [0.1, 0.15) is 11.4 Å². The Balaban J connectivity index is 1.49. The van der Waals surface area contributed by atoms with Gasteiger partial charge in [0.25, 0.3) is 0 Å². The molecular weight excluding hydrogens is 462 g/mol. The number of likely N-dealkylation sites (N-methyl/N-ethyl adjacent to an activating group) is 1. The van der Waals surface area contributed by atoms with Crippen molar-refractivity contribution in [3.63, 3.8) is 0 Å². The lowest BCUT2D eigenvalue weighted by Gasteiger charge is -2.43. The number of amides is 2. The molecular formula is C30H39N5O2. The van der Waals surface area contributed by atoms with E-state index in [-0.39, 0.29) is 17.9 Å². The molecule has 0 spiro atoms. The number of carbonyl (C=O) groups excluding carboxylic acids is 2. The number of pyridine rings is 1. The number of likely N-dealkylation sites (tertiary alicyclic amines) is 1. The molecule has 3 N–H and O–H groups in total. The molecule has 3 aromatic rings. The Kier molecular flexibility index (Phi) is 7.08. The molecule has 3 atom stereocenters. The minimum Gasteiger partial charge on any atom is -0.368 e. The van der Waals surface area contributed by atoms with Crippen LogP contribution in [-0.4, -0.2) is 45.4 Å².